The van der Waals surface area contributed by atoms with E-state index in [-0.39, 0.29) is 32.3 Å². The number of carbonyl (C=O) groups is 2. The molecule has 6 nitrogen and oxygen atoms in total. The van der Waals surface area contributed by atoms with Crippen molar-refractivity contribution in [2.75, 3.05) is 4.90 Å². The van der Waals surface area contributed by atoms with Crippen LogP contribution >= 0.6 is 11.3 Å². The fraction of sp³-hybridized carbons (Fsp3) is 0.0417. The molecule has 0 bridgehead atoms. The first-order valence-electron chi connectivity index (χ1n) is 9.72. The molecule has 0 atom stereocenters. The van der Waals surface area contributed by atoms with Gasteiger partial charge in [0, 0.05) is 22.1 Å². The van der Waals surface area contributed by atoms with Crippen LogP contribution in [0.5, 0.6) is 0 Å². The van der Waals surface area contributed by atoms with Gasteiger partial charge in [0.15, 0.2) is 10.9 Å². The van der Waals surface area contributed by atoms with E-state index in [1.165, 1.54) is 46.6 Å². The molecule has 4 aromatic rings. The number of thiazole rings is 1. The molecule has 3 aromatic carbocycles. The molecule has 1 aromatic heterocycles. The van der Waals surface area contributed by atoms with Crippen molar-refractivity contribution in [2.45, 2.75) is 16.7 Å². The third kappa shape index (κ3) is 3.16. The van der Waals surface area contributed by atoms with E-state index in [4.69, 9.17) is 0 Å². The van der Waals surface area contributed by atoms with E-state index in [1.54, 1.807) is 24.3 Å². The quantitative estimate of drug-likeness (QED) is 0.386. The topological polar surface area (TPSA) is 84.4 Å². The van der Waals surface area contributed by atoms with Gasteiger partial charge in [0.1, 0.15) is 0 Å². The van der Waals surface area contributed by atoms with Crippen LogP contribution in [-0.4, -0.2) is 25.1 Å². The highest BCUT2D eigenvalue weighted by Crippen LogP contribution is 2.36. The molecule has 0 N–H and O–H groups in total. The summed E-state index contributed by atoms with van der Waals surface area (Å²) in [6.45, 7) is 1.84. The van der Waals surface area contributed by atoms with E-state index in [9.17, 15) is 18.0 Å². The normalized spacial score (nSPS) is 13.8. The molecular weight excluding hydrogens is 444 g/mol. The summed E-state index contributed by atoms with van der Waals surface area (Å²) in [6.07, 6.45) is 0. The van der Waals surface area contributed by atoms with Crippen LogP contribution in [0.1, 0.15) is 32.0 Å². The highest BCUT2D eigenvalue weighted by Gasteiger charge is 2.35. The highest BCUT2D eigenvalue weighted by atomic mass is 32.2. The van der Waals surface area contributed by atoms with Crippen LogP contribution in [-0.2, 0) is 9.84 Å². The van der Waals surface area contributed by atoms with E-state index in [1.807, 2.05) is 30.5 Å². The number of aryl methyl sites for hydroxylation is 1. The summed E-state index contributed by atoms with van der Waals surface area (Å²) in [7, 11) is -3.95. The number of rotatable bonds is 3. The summed E-state index contributed by atoms with van der Waals surface area (Å²) in [5.74, 6) is -0.810. The number of hydrogen-bond donors (Lipinski definition) is 0. The van der Waals surface area contributed by atoms with Crippen LogP contribution in [0, 0.1) is 6.92 Å². The van der Waals surface area contributed by atoms with Crippen molar-refractivity contribution in [1.82, 2.24) is 4.98 Å². The predicted molar refractivity (Wildman–Crippen MR) is 122 cm³/mol. The van der Waals surface area contributed by atoms with Gasteiger partial charge in [-0.15, -0.1) is 11.3 Å². The molecule has 0 unspecified atom stereocenters. The first-order valence-corrected chi connectivity index (χ1v) is 12.1. The Kier molecular flexibility index (Phi) is 4.76. The summed E-state index contributed by atoms with van der Waals surface area (Å²) in [5.41, 5.74) is 1.74. The monoisotopic (exact) mass is 460 g/mol. The minimum Gasteiger partial charge on any atom is -0.289 e. The maximum Gasteiger partial charge on any atom is 0.264 e. The summed E-state index contributed by atoms with van der Waals surface area (Å²) in [4.78, 5) is 32.2. The summed E-state index contributed by atoms with van der Waals surface area (Å²) >= 11 is 1.32. The van der Waals surface area contributed by atoms with E-state index < -0.39 is 15.7 Å². The van der Waals surface area contributed by atoms with Crippen LogP contribution in [0.4, 0.5) is 10.8 Å². The molecule has 0 saturated heterocycles. The zero-order valence-electron chi connectivity index (χ0n) is 16.8. The fourth-order valence-corrected chi connectivity index (χ4v) is 6.18. The van der Waals surface area contributed by atoms with Crippen molar-refractivity contribution in [3.8, 4) is 0 Å². The van der Waals surface area contributed by atoms with Gasteiger partial charge in [-0.05, 0) is 49.4 Å². The molecule has 0 saturated carbocycles. The number of aromatic nitrogens is 1. The maximum absolute atomic E-state index is 13.6. The molecular formula is C24H16N2O4S2. The Morgan fingerprint density at radius 3 is 2.31 bits per heavy atom. The lowest BCUT2D eigenvalue weighted by molar-refractivity contribution is 0.0994. The third-order valence-electron chi connectivity index (χ3n) is 5.20. The van der Waals surface area contributed by atoms with Gasteiger partial charge in [0.05, 0.1) is 21.2 Å². The first kappa shape index (κ1) is 20.3. The molecule has 0 spiro atoms. The van der Waals surface area contributed by atoms with Gasteiger partial charge in [-0.3, -0.25) is 14.5 Å². The van der Waals surface area contributed by atoms with Crippen molar-refractivity contribution in [3.63, 3.8) is 0 Å². The summed E-state index contributed by atoms with van der Waals surface area (Å²) in [5, 5.41) is 2.31. The van der Waals surface area contributed by atoms with Gasteiger partial charge in [-0.1, -0.05) is 30.3 Å². The van der Waals surface area contributed by atoms with E-state index in [0.29, 0.717) is 10.8 Å². The van der Waals surface area contributed by atoms with Gasteiger partial charge < -0.3 is 0 Å². The Morgan fingerprint density at radius 1 is 0.906 bits per heavy atom. The Bertz CT molecular complexity index is 1490. The smallest absolute Gasteiger partial charge is 0.264 e. The number of anilines is 2. The van der Waals surface area contributed by atoms with Crippen molar-refractivity contribution in [1.29, 1.82) is 0 Å². The molecule has 0 fully saturated rings. The Balaban J connectivity index is 1.65. The Labute approximate surface area is 188 Å². The minimum atomic E-state index is -3.95. The Morgan fingerprint density at radius 2 is 1.59 bits per heavy atom. The number of hydrogen-bond acceptors (Lipinski definition) is 6. The average molecular weight is 461 g/mol. The molecule has 32 heavy (non-hydrogen) atoms. The van der Waals surface area contributed by atoms with Crippen LogP contribution in [0.15, 0.2) is 88.0 Å². The van der Waals surface area contributed by atoms with Crippen LogP contribution in [0.3, 0.4) is 0 Å². The molecule has 1 aliphatic rings. The zero-order chi connectivity index (χ0) is 22.5. The fourth-order valence-electron chi connectivity index (χ4n) is 3.68. The second kappa shape index (κ2) is 7.51. The second-order valence-electron chi connectivity index (χ2n) is 7.29. The molecule has 0 radical (unpaired) electrons. The molecule has 8 heteroatoms. The molecule has 1 amide bonds. The SMILES string of the molecule is Cc1csc(N(C(=O)c2ccc3c(c2)S(=O)(=O)c2ccccc2C3=O)c2ccccc2)n1. The highest BCUT2D eigenvalue weighted by molar-refractivity contribution is 7.91. The van der Waals surface area contributed by atoms with Gasteiger partial charge >= 0.3 is 0 Å². The average Bonchev–Trinajstić information content (AvgIpc) is 3.24. The number of fused-ring (bicyclic) bond motifs is 2. The predicted octanol–water partition coefficient (Wildman–Crippen LogP) is 4.81. The number of sulfone groups is 1. The third-order valence-corrected chi connectivity index (χ3v) is 8.00. The second-order valence-corrected chi connectivity index (χ2v) is 10.0. The summed E-state index contributed by atoms with van der Waals surface area (Å²) < 4.78 is 26.5. The Hall–Kier alpha value is -3.62. The lowest BCUT2D eigenvalue weighted by Crippen LogP contribution is -2.27. The van der Waals surface area contributed by atoms with Crippen molar-refractivity contribution in [2.24, 2.45) is 0 Å². The first-order chi connectivity index (χ1) is 15.4. The molecule has 0 aliphatic carbocycles. The van der Waals surface area contributed by atoms with Gasteiger partial charge in [-0.25, -0.2) is 13.4 Å². The van der Waals surface area contributed by atoms with E-state index in [0.717, 1.165) is 5.69 Å². The van der Waals surface area contributed by atoms with Crippen molar-refractivity contribution < 1.29 is 18.0 Å². The van der Waals surface area contributed by atoms with Crippen molar-refractivity contribution in [3.05, 3.63) is 101 Å². The van der Waals surface area contributed by atoms with Gasteiger partial charge in [0.25, 0.3) is 5.91 Å². The number of ketones is 1. The largest absolute Gasteiger partial charge is 0.289 e. The molecule has 5 rings (SSSR count). The number of carbonyl (C=O) groups excluding carboxylic acids is 2. The van der Waals surface area contributed by atoms with E-state index >= 15 is 0 Å². The number of nitrogens with zero attached hydrogens (tertiary/aromatic N) is 2. The van der Waals surface area contributed by atoms with Crippen LogP contribution in [0.2, 0.25) is 0 Å². The van der Waals surface area contributed by atoms with Gasteiger partial charge in [-0.2, -0.15) is 0 Å². The summed E-state index contributed by atoms with van der Waals surface area (Å²) in [6, 6.07) is 19.3. The van der Waals surface area contributed by atoms with Crippen LogP contribution < -0.4 is 4.90 Å². The number of para-hydroxylation sites is 1. The maximum atomic E-state index is 13.6. The van der Waals surface area contributed by atoms with Crippen LogP contribution in [0.25, 0.3) is 0 Å². The number of amides is 1. The van der Waals surface area contributed by atoms with Crippen molar-refractivity contribution >= 4 is 43.7 Å². The van der Waals surface area contributed by atoms with Gasteiger partial charge in [0.2, 0.25) is 9.84 Å². The molecule has 1 aliphatic heterocycles. The number of benzene rings is 3. The minimum absolute atomic E-state index is 0.0439. The lowest BCUT2D eigenvalue weighted by atomic mass is 10.0. The lowest BCUT2D eigenvalue weighted by Gasteiger charge is -2.22. The standard InChI is InChI=1S/C24H16N2O4S2/c1-15-14-31-24(25-15)26(17-7-3-2-4-8-17)23(28)16-11-12-19-21(13-16)32(29,30)20-10-6-5-9-18(20)22(19)27/h2-14H,1H3. The molecule has 2 heterocycles. The zero-order valence-corrected chi connectivity index (χ0v) is 18.5. The van der Waals surface area contributed by atoms with E-state index in [2.05, 4.69) is 4.98 Å². The molecule has 158 valence electrons.